The molecule has 0 spiro atoms. The van der Waals surface area contributed by atoms with E-state index in [2.05, 4.69) is 10.2 Å². The smallest absolute Gasteiger partial charge is 0.277 e. The average Bonchev–Trinajstić information content (AvgIpc) is 2.59. The van der Waals surface area contributed by atoms with Gasteiger partial charge >= 0.3 is 0 Å². The van der Waals surface area contributed by atoms with Crippen LogP contribution in [-0.2, 0) is 6.54 Å². The van der Waals surface area contributed by atoms with Crippen LogP contribution in [0.15, 0.2) is 12.1 Å². The number of ether oxygens (including phenoxy) is 2. The highest BCUT2D eigenvalue weighted by atomic mass is 35.5. The molecule has 1 N–H and O–H groups in total. The summed E-state index contributed by atoms with van der Waals surface area (Å²) in [6, 6.07) is 3.01. The van der Waals surface area contributed by atoms with E-state index in [9.17, 15) is 18.9 Å². The van der Waals surface area contributed by atoms with Crippen molar-refractivity contribution in [3.05, 3.63) is 27.8 Å². The molecule has 0 saturated carbocycles. The molecule has 0 aliphatic carbocycles. The van der Waals surface area contributed by atoms with Gasteiger partial charge in [-0.05, 0) is 32.5 Å². The van der Waals surface area contributed by atoms with Crippen LogP contribution < -0.4 is 14.8 Å². The van der Waals surface area contributed by atoms with Gasteiger partial charge in [0, 0.05) is 24.7 Å². The van der Waals surface area contributed by atoms with Crippen LogP contribution in [0.1, 0.15) is 18.4 Å². The predicted molar refractivity (Wildman–Crippen MR) is 95.8 cm³/mol. The number of likely N-dealkylation sites (N-methyl/N-ethyl adjacent to an activating group) is 1. The van der Waals surface area contributed by atoms with E-state index in [4.69, 9.17) is 9.47 Å². The molecule has 1 atom stereocenters. The van der Waals surface area contributed by atoms with Gasteiger partial charge in [-0.1, -0.05) is 0 Å². The Hall–Kier alpha value is -1.71. The zero-order valence-electron chi connectivity index (χ0n) is 14.7. The molecule has 7 nitrogen and oxygen atoms in total. The summed E-state index contributed by atoms with van der Waals surface area (Å²) >= 11 is 0. The van der Waals surface area contributed by atoms with Crippen molar-refractivity contribution in [1.82, 2.24) is 10.2 Å². The van der Waals surface area contributed by atoms with E-state index in [0.717, 1.165) is 32.0 Å². The highest BCUT2D eigenvalue weighted by molar-refractivity contribution is 5.85. The van der Waals surface area contributed by atoms with Crippen LogP contribution in [-0.4, -0.2) is 56.1 Å². The minimum atomic E-state index is -2.67. The Morgan fingerprint density at radius 1 is 1.42 bits per heavy atom. The lowest BCUT2D eigenvalue weighted by molar-refractivity contribution is -0.385. The van der Waals surface area contributed by atoms with Crippen molar-refractivity contribution in [2.45, 2.75) is 31.9 Å². The molecular formula is C16H24ClF2N3O4. The molecule has 1 aromatic carbocycles. The first-order valence-electron chi connectivity index (χ1n) is 8.10. The highest BCUT2D eigenvalue weighted by Crippen LogP contribution is 2.36. The molecule has 26 heavy (non-hydrogen) atoms. The topological polar surface area (TPSA) is 76.9 Å². The normalized spacial score (nSPS) is 17.7. The highest BCUT2D eigenvalue weighted by Gasteiger charge is 2.25. The number of methoxy groups -OCH3 is 1. The Bertz CT molecular complexity index is 607. The van der Waals surface area contributed by atoms with Crippen LogP contribution in [0.2, 0.25) is 0 Å². The van der Waals surface area contributed by atoms with Crippen molar-refractivity contribution in [3.8, 4) is 11.5 Å². The van der Waals surface area contributed by atoms with Crippen molar-refractivity contribution >= 4 is 18.1 Å². The van der Waals surface area contributed by atoms with Crippen LogP contribution in [0.4, 0.5) is 14.5 Å². The monoisotopic (exact) mass is 395 g/mol. The van der Waals surface area contributed by atoms with Gasteiger partial charge in [-0.2, -0.15) is 0 Å². The number of piperidine rings is 1. The van der Waals surface area contributed by atoms with Gasteiger partial charge < -0.3 is 14.8 Å². The molecule has 1 aliphatic rings. The van der Waals surface area contributed by atoms with Gasteiger partial charge in [-0.25, -0.2) is 8.78 Å². The van der Waals surface area contributed by atoms with E-state index in [1.165, 1.54) is 13.2 Å². The van der Waals surface area contributed by atoms with Crippen molar-refractivity contribution in [2.75, 3.05) is 33.9 Å². The second kappa shape index (κ2) is 10.4. The fourth-order valence-corrected chi connectivity index (χ4v) is 2.99. The maximum absolute atomic E-state index is 12.4. The third kappa shape index (κ3) is 5.93. The molecular weight excluding hydrogens is 372 g/mol. The largest absolute Gasteiger partial charge is 0.493 e. The summed E-state index contributed by atoms with van der Waals surface area (Å²) in [5, 5.41) is 14.6. The maximum atomic E-state index is 12.4. The predicted octanol–water partition coefficient (Wildman–Crippen LogP) is 2.85. The lowest BCUT2D eigenvalue weighted by atomic mass is 10.0. The lowest BCUT2D eigenvalue weighted by Crippen LogP contribution is -2.43. The number of nitro benzene ring substituents is 1. The molecule has 0 amide bonds. The molecule has 148 valence electrons. The van der Waals surface area contributed by atoms with Gasteiger partial charge in [0.05, 0.1) is 18.1 Å². The maximum Gasteiger partial charge on any atom is 0.277 e. The van der Waals surface area contributed by atoms with Gasteiger partial charge in [-0.15, -0.1) is 12.4 Å². The Labute approximate surface area is 157 Å². The van der Waals surface area contributed by atoms with Crippen molar-refractivity contribution in [1.29, 1.82) is 0 Å². The zero-order valence-corrected chi connectivity index (χ0v) is 15.6. The molecule has 1 aliphatic heterocycles. The SMILES string of the molecule is CNC1CCCN(Cc2cc(OC)c(OCC(F)F)cc2[N+](=O)[O-])C1.Cl. The van der Waals surface area contributed by atoms with Crippen LogP contribution >= 0.6 is 12.4 Å². The Balaban J connectivity index is 0.00000338. The Morgan fingerprint density at radius 2 is 2.15 bits per heavy atom. The Morgan fingerprint density at radius 3 is 2.73 bits per heavy atom. The molecule has 1 saturated heterocycles. The van der Waals surface area contributed by atoms with Crippen LogP contribution in [0.25, 0.3) is 0 Å². The molecule has 1 aromatic rings. The van der Waals surface area contributed by atoms with Gasteiger partial charge in [0.1, 0.15) is 6.61 Å². The van der Waals surface area contributed by atoms with Gasteiger partial charge in [-0.3, -0.25) is 15.0 Å². The molecule has 2 rings (SSSR count). The van der Waals surface area contributed by atoms with Gasteiger partial charge in [0.25, 0.3) is 12.1 Å². The summed E-state index contributed by atoms with van der Waals surface area (Å²) in [4.78, 5) is 13.0. The number of hydrogen-bond acceptors (Lipinski definition) is 6. The minimum absolute atomic E-state index is 0. The van der Waals surface area contributed by atoms with Crippen molar-refractivity contribution in [2.24, 2.45) is 0 Å². The summed E-state index contributed by atoms with van der Waals surface area (Å²) in [7, 11) is 3.27. The number of nitrogens with zero attached hydrogens (tertiary/aromatic N) is 2. The standard InChI is InChI=1S/C16H23F2N3O4.ClH/c1-19-12-4-3-5-20(9-12)8-11-6-14(24-2)15(25-10-16(17)18)7-13(11)21(22)23;/h6-7,12,16,19H,3-5,8-10H2,1-2H3;1H. The van der Waals surface area contributed by atoms with E-state index in [1.54, 1.807) is 0 Å². The molecule has 1 unspecified atom stereocenters. The van der Waals surface area contributed by atoms with E-state index in [0.29, 0.717) is 18.2 Å². The van der Waals surface area contributed by atoms with Gasteiger partial charge in [0.15, 0.2) is 11.5 Å². The van der Waals surface area contributed by atoms with Crippen LogP contribution in [0, 0.1) is 10.1 Å². The minimum Gasteiger partial charge on any atom is -0.493 e. The summed E-state index contributed by atoms with van der Waals surface area (Å²) in [6.07, 6.45) is -0.597. The average molecular weight is 396 g/mol. The van der Waals surface area contributed by atoms with E-state index >= 15 is 0 Å². The van der Waals surface area contributed by atoms with Crippen LogP contribution in [0.5, 0.6) is 11.5 Å². The van der Waals surface area contributed by atoms with E-state index in [1.807, 2.05) is 7.05 Å². The number of rotatable bonds is 8. The quantitative estimate of drug-likeness (QED) is 0.538. The first-order chi connectivity index (χ1) is 11.9. The number of nitro groups is 1. The summed E-state index contributed by atoms with van der Waals surface area (Å²) in [6.45, 7) is 1.18. The summed E-state index contributed by atoms with van der Waals surface area (Å²) in [5.74, 6) is 0.161. The number of hydrogen-bond donors (Lipinski definition) is 1. The van der Waals surface area contributed by atoms with Crippen molar-refractivity contribution < 1.29 is 23.2 Å². The second-order valence-electron chi connectivity index (χ2n) is 5.95. The Kier molecular flexibility index (Phi) is 8.97. The van der Waals surface area contributed by atoms with E-state index < -0.39 is 18.0 Å². The number of nitrogens with one attached hydrogen (secondary N) is 1. The number of halogens is 3. The number of alkyl halides is 2. The molecule has 10 heteroatoms. The van der Waals surface area contributed by atoms with Crippen LogP contribution in [0.3, 0.4) is 0 Å². The first kappa shape index (κ1) is 22.3. The van der Waals surface area contributed by atoms with Gasteiger partial charge in [0.2, 0.25) is 0 Å². The zero-order chi connectivity index (χ0) is 18.4. The first-order valence-corrected chi connectivity index (χ1v) is 8.10. The summed E-state index contributed by atoms with van der Waals surface area (Å²) in [5.41, 5.74) is 0.319. The van der Waals surface area contributed by atoms with E-state index in [-0.39, 0.29) is 29.6 Å². The fourth-order valence-electron chi connectivity index (χ4n) is 2.99. The molecule has 1 fully saturated rings. The summed E-state index contributed by atoms with van der Waals surface area (Å²) < 4.78 is 34.8. The molecule has 0 radical (unpaired) electrons. The molecule has 0 aromatic heterocycles. The third-order valence-corrected chi connectivity index (χ3v) is 4.23. The lowest BCUT2D eigenvalue weighted by Gasteiger charge is -2.32. The second-order valence-corrected chi connectivity index (χ2v) is 5.95. The molecule has 0 bridgehead atoms. The third-order valence-electron chi connectivity index (χ3n) is 4.23. The van der Waals surface area contributed by atoms with Crippen molar-refractivity contribution in [3.63, 3.8) is 0 Å². The number of benzene rings is 1. The molecule has 1 heterocycles. The fraction of sp³-hybridized carbons (Fsp3) is 0.625. The number of likely N-dealkylation sites (tertiary alicyclic amines) is 1.